The van der Waals surface area contributed by atoms with Gasteiger partial charge in [0.25, 0.3) is 0 Å². The zero-order valence-corrected chi connectivity index (χ0v) is 18.8. The molecule has 6 heteroatoms. The summed E-state index contributed by atoms with van der Waals surface area (Å²) in [6.45, 7) is 1.90. The second-order valence-corrected chi connectivity index (χ2v) is 7.90. The topological polar surface area (TPSA) is 82.1 Å². The first-order valence-electron chi connectivity index (χ1n) is 10.8. The van der Waals surface area contributed by atoms with Gasteiger partial charge in [-0.1, -0.05) is 30.3 Å². The van der Waals surface area contributed by atoms with E-state index in [0.29, 0.717) is 29.1 Å². The second-order valence-electron chi connectivity index (χ2n) is 7.90. The molecule has 0 aromatic heterocycles. The van der Waals surface area contributed by atoms with Crippen LogP contribution in [0.3, 0.4) is 0 Å². The molecule has 0 fully saturated rings. The third kappa shape index (κ3) is 4.16. The Morgan fingerprint density at radius 2 is 1.85 bits per heavy atom. The first-order valence-corrected chi connectivity index (χ1v) is 10.8. The van der Waals surface area contributed by atoms with Crippen molar-refractivity contribution in [2.24, 2.45) is 5.92 Å². The smallest absolute Gasteiger partial charge is 0.317 e. The van der Waals surface area contributed by atoms with Gasteiger partial charge >= 0.3 is 5.97 Å². The molecule has 1 aliphatic rings. The van der Waals surface area contributed by atoms with Gasteiger partial charge in [-0.2, -0.15) is 0 Å². The van der Waals surface area contributed by atoms with E-state index < -0.39 is 17.8 Å². The molecule has 2 unspecified atom stereocenters. The number of phenolic OH excluding ortho intramolecular Hbond substituents is 1. The molecule has 0 spiro atoms. The van der Waals surface area contributed by atoms with Crippen molar-refractivity contribution < 1.29 is 28.9 Å². The first kappa shape index (κ1) is 22.4. The minimum atomic E-state index is -1.01. The summed E-state index contributed by atoms with van der Waals surface area (Å²) in [6.07, 6.45) is 1.79. The summed E-state index contributed by atoms with van der Waals surface area (Å²) in [7, 11) is 3.09. The van der Waals surface area contributed by atoms with Gasteiger partial charge < -0.3 is 19.3 Å². The van der Waals surface area contributed by atoms with E-state index in [1.165, 1.54) is 19.3 Å². The third-order valence-corrected chi connectivity index (χ3v) is 6.08. The molecule has 3 aromatic rings. The molecule has 0 amide bonds. The van der Waals surface area contributed by atoms with Gasteiger partial charge in [0.15, 0.2) is 5.78 Å². The molecule has 1 aliphatic carbocycles. The maximum Gasteiger partial charge on any atom is 0.317 e. The largest absolute Gasteiger partial charge is 0.507 e. The Balaban J connectivity index is 1.90. The van der Waals surface area contributed by atoms with Gasteiger partial charge in [-0.15, -0.1) is 0 Å². The Labute approximate surface area is 192 Å². The minimum Gasteiger partial charge on any atom is -0.507 e. The van der Waals surface area contributed by atoms with Crippen LogP contribution in [0.5, 0.6) is 17.2 Å². The van der Waals surface area contributed by atoms with Gasteiger partial charge in [-0.3, -0.25) is 9.59 Å². The van der Waals surface area contributed by atoms with Crippen molar-refractivity contribution >= 4 is 28.1 Å². The summed E-state index contributed by atoms with van der Waals surface area (Å²) in [4.78, 5) is 26.3. The van der Waals surface area contributed by atoms with Gasteiger partial charge in [0, 0.05) is 23.1 Å². The standard InChI is InChI=1S/C27H26O6/c1-4-33-27(30)26-21(25-20-8-6-5-7-16(20)9-12-24(25)32-3)13-17(14-23(26)29)19-11-10-18(31-2)15-22(19)28/h5-12,14-15,21,26,28H,4,13H2,1-3H3. The molecule has 2 atom stereocenters. The van der Waals surface area contributed by atoms with Crippen LogP contribution < -0.4 is 9.47 Å². The van der Waals surface area contributed by atoms with Crippen molar-refractivity contribution in [3.8, 4) is 17.2 Å². The highest BCUT2D eigenvalue weighted by atomic mass is 16.5. The van der Waals surface area contributed by atoms with Crippen LogP contribution in [0.15, 0.2) is 60.7 Å². The number of allylic oxidation sites excluding steroid dienone is 2. The summed E-state index contributed by atoms with van der Waals surface area (Å²) in [5.41, 5.74) is 1.94. The fraction of sp³-hybridized carbons (Fsp3) is 0.259. The molecule has 0 saturated carbocycles. The molecule has 33 heavy (non-hydrogen) atoms. The number of phenols is 1. The van der Waals surface area contributed by atoms with Crippen LogP contribution in [0.2, 0.25) is 0 Å². The monoisotopic (exact) mass is 446 g/mol. The molecule has 0 bridgehead atoms. The van der Waals surface area contributed by atoms with Crippen molar-refractivity contribution in [3.05, 3.63) is 71.8 Å². The van der Waals surface area contributed by atoms with E-state index in [1.54, 1.807) is 26.2 Å². The number of methoxy groups -OCH3 is 2. The zero-order valence-electron chi connectivity index (χ0n) is 18.8. The Morgan fingerprint density at radius 3 is 2.55 bits per heavy atom. The van der Waals surface area contributed by atoms with E-state index in [4.69, 9.17) is 14.2 Å². The van der Waals surface area contributed by atoms with Crippen molar-refractivity contribution in [1.29, 1.82) is 0 Å². The number of rotatable bonds is 6. The van der Waals surface area contributed by atoms with E-state index in [-0.39, 0.29) is 18.1 Å². The number of hydrogen-bond donors (Lipinski definition) is 1. The summed E-state index contributed by atoms with van der Waals surface area (Å²) in [6, 6.07) is 16.6. The van der Waals surface area contributed by atoms with Gasteiger partial charge in [0.05, 0.1) is 20.8 Å². The third-order valence-electron chi connectivity index (χ3n) is 6.08. The number of ether oxygens (including phenoxy) is 3. The van der Waals surface area contributed by atoms with Crippen LogP contribution in [0.4, 0.5) is 0 Å². The van der Waals surface area contributed by atoms with Crippen LogP contribution in [0.25, 0.3) is 16.3 Å². The summed E-state index contributed by atoms with van der Waals surface area (Å²) in [5, 5.41) is 12.5. The highest BCUT2D eigenvalue weighted by Crippen LogP contribution is 2.47. The average Bonchev–Trinajstić information content (AvgIpc) is 2.82. The molecule has 170 valence electrons. The summed E-state index contributed by atoms with van der Waals surface area (Å²) >= 11 is 0. The average molecular weight is 446 g/mol. The predicted octanol–water partition coefficient (Wildman–Crippen LogP) is 4.88. The minimum absolute atomic E-state index is 0.00613. The molecule has 0 radical (unpaired) electrons. The fourth-order valence-corrected chi connectivity index (χ4v) is 4.59. The van der Waals surface area contributed by atoms with Crippen molar-refractivity contribution in [2.75, 3.05) is 20.8 Å². The lowest BCUT2D eigenvalue weighted by molar-refractivity contribution is -0.151. The van der Waals surface area contributed by atoms with Gasteiger partial charge in [-0.05, 0) is 54.0 Å². The van der Waals surface area contributed by atoms with Crippen LogP contribution in [0.1, 0.15) is 30.4 Å². The van der Waals surface area contributed by atoms with E-state index in [1.807, 2.05) is 36.4 Å². The molecule has 0 saturated heterocycles. The van der Waals surface area contributed by atoms with Crippen LogP contribution in [-0.4, -0.2) is 37.7 Å². The number of hydrogen-bond acceptors (Lipinski definition) is 6. The number of ketones is 1. The van der Waals surface area contributed by atoms with Gasteiger partial charge in [0.1, 0.15) is 23.2 Å². The van der Waals surface area contributed by atoms with Crippen LogP contribution in [0, 0.1) is 5.92 Å². The number of fused-ring (bicyclic) bond motifs is 1. The number of benzene rings is 3. The SMILES string of the molecule is CCOC(=O)C1C(=O)C=C(c2ccc(OC)cc2O)CC1c1c(OC)ccc2ccccc12. The summed E-state index contributed by atoms with van der Waals surface area (Å²) < 4.78 is 16.1. The molecule has 3 aromatic carbocycles. The molecular weight excluding hydrogens is 420 g/mol. The lowest BCUT2D eigenvalue weighted by Gasteiger charge is -2.31. The van der Waals surface area contributed by atoms with E-state index in [9.17, 15) is 14.7 Å². The zero-order chi connectivity index (χ0) is 23.5. The van der Waals surface area contributed by atoms with E-state index in [0.717, 1.165) is 16.3 Å². The number of esters is 1. The van der Waals surface area contributed by atoms with E-state index in [2.05, 4.69) is 0 Å². The number of carbonyl (C=O) groups excluding carboxylic acids is 2. The van der Waals surface area contributed by atoms with Crippen molar-refractivity contribution in [2.45, 2.75) is 19.3 Å². The van der Waals surface area contributed by atoms with Gasteiger partial charge in [0.2, 0.25) is 0 Å². The number of carbonyl (C=O) groups is 2. The van der Waals surface area contributed by atoms with Gasteiger partial charge in [-0.25, -0.2) is 0 Å². The Bertz CT molecular complexity index is 1240. The van der Waals surface area contributed by atoms with Crippen molar-refractivity contribution in [3.63, 3.8) is 0 Å². The normalized spacial score (nSPS) is 18.0. The second kappa shape index (κ2) is 9.36. The maximum atomic E-state index is 13.3. The molecule has 0 heterocycles. The van der Waals surface area contributed by atoms with Crippen molar-refractivity contribution in [1.82, 2.24) is 0 Å². The summed E-state index contributed by atoms with van der Waals surface area (Å²) in [5.74, 6) is -1.34. The number of aromatic hydroxyl groups is 1. The molecular formula is C27H26O6. The van der Waals surface area contributed by atoms with E-state index >= 15 is 0 Å². The highest BCUT2D eigenvalue weighted by molar-refractivity contribution is 6.11. The lowest BCUT2D eigenvalue weighted by Crippen LogP contribution is -2.34. The molecule has 1 N–H and O–H groups in total. The highest BCUT2D eigenvalue weighted by Gasteiger charge is 2.42. The first-order chi connectivity index (χ1) is 16.0. The maximum absolute atomic E-state index is 13.3. The lowest BCUT2D eigenvalue weighted by atomic mass is 9.72. The predicted molar refractivity (Wildman–Crippen MR) is 126 cm³/mol. The molecule has 6 nitrogen and oxygen atoms in total. The quantitative estimate of drug-likeness (QED) is 0.429. The molecule has 4 rings (SSSR count). The Hall–Kier alpha value is -3.80. The molecule has 0 aliphatic heterocycles. The Morgan fingerprint density at radius 1 is 1.06 bits per heavy atom. The van der Waals surface area contributed by atoms with Crippen LogP contribution >= 0.6 is 0 Å². The Kier molecular flexibility index (Phi) is 6.36. The van der Waals surface area contributed by atoms with Crippen LogP contribution in [-0.2, 0) is 14.3 Å². The fourth-order valence-electron chi connectivity index (χ4n) is 4.59.